The average Bonchev–Trinajstić information content (AvgIpc) is 2.90. The fourth-order valence-electron chi connectivity index (χ4n) is 5.54. The van der Waals surface area contributed by atoms with Crippen LogP contribution in [-0.2, 0) is 12.8 Å². The van der Waals surface area contributed by atoms with Gasteiger partial charge in [0.15, 0.2) is 0 Å². The Kier molecular flexibility index (Phi) is 9.42. The maximum absolute atomic E-state index is 15.1. The lowest BCUT2D eigenvalue weighted by atomic mass is 9.78. The molecule has 1 heteroatoms. The monoisotopic (exact) mass is 468 g/mol. The summed E-state index contributed by atoms with van der Waals surface area (Å²) in [5, 5.41) is 1.63. The zero-order valence-electron chi connectivity index (χ0n) is 21.7. The van der Waals surface area contributed by atoms with E-state index in [1.54, 1.807) is 0 Å². The normalized spacial score (nSPS) is 17.8. The Balaban J connectivity index is 1.35. The second-order valence-corrected chi connectivity index (χ2v) is 10.6. The quantitative estimate of drug-likeness (QED) is 0.216. The van der Waals surface area contributed by atoms with Gasteiger partial charge in [0, 0.05) is 10.9 Å². The molecule has 0 atom stereocenters. The van der Waals surface area contributed by atoms with E-state index < -0.39 is 0 Å². The number of aryl methyl sites for hydroxylation is 2. The van der Waals surface area contributed by atoms with Gasteiger partial charge >= 0.3 is 0 Å². The lowest BCUT2D eigenvalue weighted by molar-refractivity contribution is 0.259. The molecule has 0 nitrogen and oxygen atoms in total. The number of halogens is 1. The van der Waals surface area contributed by atoms with Crippen molar-refractivity contribution in [1.29, 1.82) is 0 Å². The summed E-state index contributed by atoms with van der Waals surface area (Å²) in [6, 6.07) is 18.5. The van der Waals surface area contributed by atoms with Crippen LogP contribution >= 0.6 is 0 Å². The third-order valence-corrected chi connectivity index (χ3v) is 8.02. The molecule has 0 heterocycles. The van der Waals surface area contributed by atoms with Gasteiger partial charge in [0.25, 0.3) is 0 Å². The lowest BCUT2D eigenvalue weighted by Crippen LogP contribution is -2.14. The van der Waals surface area contributed by atoms with E-state index in [2.05, 4.69) is 62.1 Å². The van der Waals surface area contributed by atoms with Crippen molar-refractivity contribution >= 4 is 10.8 Å². The van der Waals surface area contributed by atoms with Crippen molar-refractivity contribution in [1.82, 2.24) is 0 Å². The molecule has 0 radical (unpaired) electrons. The fourth-order valence-corrected chi connectivity index (χ4v) is 5.54. The van der Waals surface area contributed by atoms with E-state index in [0.29, 0.717) is 10.9 Å². The van der Waals surface area contributed by atoms with E-state index in [0.717, 1.165) is 35.6 Å². The first-order valence-electron chi connectivity index (χ1n) is 14.0. The summed E-state index contributed by atoms with van der Waals surface area (Å²) >= 11 is 0. The maximum Gasteiger partial charge on any atom is 0.146 e. The molecular weight excluding hydrogens is 427 g/mol. The van der Waals surface area contributed by atoms with Gasteiger partial charge in [-0.15, -0.1) is 0 Å². The van der Waals surface area contributed by atoms with Gasteiger partial charge in [-0.3, -0.25) is 0 Å². The summed E-state index contributed by atoms with van der Waals surface area (Å²) in [4.78, 5) is 0. The lowest BCUT2D eigenvalue weighted by Gasteiger charge is -2.27. The van der Waals surface area contributed by atoms with E-state index in [1.807, 2.05) is 18.2 Å². The first-order chi connectivity index (χ1) is 17.2. The van der Waals surface area contributed by atoms with Crippen LogP contribution in [0.25, 0.3) is 10.8 Å². The number of unbranched alkanes of at least 4 members (excludes halogenated alkanes) is 3. The molecule has 3 aromatic rings. The number of hydrogen-bond donors (Lipinski definition) is 0. The maximum atomic E-state index is 15.1. The Morgan fingerprint density at radius 1 is 0.743 bits per heavy atom. The molecule has 1 saturated carbocycles. The van der Waals surface area contributed by atoms with Gasteiger partial charge in [-0.05, 0) is 72.2 Å². The molecular formula is C34H41F. The molecule has 35 heavy (non-hydrogen) atoms. The molecule has 0 bridgehead atoms. The van der Waals surface area contributed by atoms with Gasteiger partial charge in [0.1, 0.15) is 5.82 Å². The van der Waals surface area contributed by atoms with Gasteiger partial charge in [-0.25, -0.2) is 4.39 Å². The highest BCUT2D eigenvalue weighted by Gasteiger charge is 2.19. The van der Waals surface area contributed by atoms with Gasteiger partial charge < -0.3 is 0 Å². The molecule has 4 rings (SSSR count). The summed E-state index contributed by atoms with van der Waals surface area (Å²) in [5.74, 6) is 7.90. The van der Waals surface area contributed by atoms with E-state index in [-0.39, 0.29) is 5.82 Å². The van der Waals surface area contributed by atoms with Crippen molar-refractivity contribution in [2.75, 3.05) is 0 Å². The SMILES string of the molecule is CCCCCCc1ccc2c(F)c(C#Cc3ccc(CCC4CCC(CC)CC4)cc3)ccc2c1. The van der Waals surface area contributed by atoms with Gasteiger partial charge in [0.2, 0.25) is 0 Å². The smallest absolute Gasteiger partial charge is 0.146 e. The van der Waals surface area contributed by atoms with Crippen LogP contribution in [0.2, 0.25) is 0 Å². The zero-order valence-corrected chi connectivity index (χ0v) is 21.7. The van der Waals surface area contributed by atoms with Gasteiger partial charge in [-0.2, -0.15) is 0 Å². The summed E-state index contributed by atoms with van der Waals surface area (Å²) in [7, 11) is 0. The van der Waals surface area contributed by atoms with Crippen LogP contribution in [0.15, 0.2) is 54.6 Å². The molecule has 0 N–H and O–H groups in total. The molecule has 184 valence electrons. The molecule has 0 aliphatic heterocycles. The highest BCUT2D eigenvalue weighted by molar-refractivity contribution is 5.85. The second kappa shape index (κ2) is 12.9. The van der Waals surface area contributed by atoms with Gasteiger partial charge in [0.05, 0.1) is 5.56 Å². The molecule has 3 aromatic carbocycles. The van der Waals surface area contributed by atoms with Crippen LogP contribution in [0, 0.1) is 29.5 Å². The molecule has 1 fully saturated rings. The third kappa shape index (κ3) is 7.20. The Morgan fingerprint density at radius 3 is 2.23 bits per heavy atom. The minimum Gasteiger partial charge on any atom is -0.205 e. The van der Waals surface area contributed by atoms with E-state index in [9.17, 15) is 0 Å². The van der Waals surface area contributed by atoms with E-state index in [4.69, 9.17) is 0 Å². The van der Waals surface area contributed by atoms with Crippen molar-refractivity contribution < 1.29 is 4.39 Å². The summed E-state index contributed by atoms with van der Waals surface area (Å²) in [6.45, 7) is 4.56. The number of hydrogen-bond acceptors (Lipinski definition) is 0. The van der Waals surface area contributed by atoms with Crippen LogP contribution in [0.5, 0.6) is 0 Å². The predicted octanol–water partition coefficient (Wildman–Crippen LogP) is 9.65. The second-order valence-electron chi connectivity index (χ2n) is 10.6. The van der Waals surface area contributed by atoms with Crippen LogP contribution in [0.4, 0.5) is 4.39 Å². The van der Waals surface area contributed by atoms with Crippen LogP contribution in [-0.4, -0.2) is 0 Å². The van der Waals surface area contributed by atoms with Crippen molar-refractivity contribution in [3.05, 3.63) is 82.7 Å². The van der Waals surface area contributed by atoms with Crippen molar-refractivity contribution in [2.45, 2.75) is 90.9 Å². The summed E-state index contributed by atoms with van der Waals surface area (Å²) < 4.78 is 15.1. The van der Waals surface area contributed by atoms with Crippen molar-refractivity contribution in [2.24, 2.45) is 11.8 Å². The molecule has 0 amide bonds. The molecule has 0 aromatic heterocycles. The Bertz CT molecular complexity index is 1140. The van der Waals surface area contributed by atoms with Crippen LogP contribution in [0.3, 0.4) is 0 Å². The van der Waals surface area contributed by atoms with Crippen molar-refractivity contribution in [3.8, 4) is 11.8 Å². The number of rotatable bonds is 9. The Labute approximate surface area is 212 Å². The van der Waals surface area contributed by atoms with E-state index in [1.165, 1.54) is 75.3 Å². The number of fused-ring (bicyclic) bond motifs is 1. The minimum absolute atomic E-state index is 0.207. The standard InChI is InChI=1S/C34H41F/c1-3-5-6-7-8-30-20-24-33-32(25-30)23-22-31(34(33)35)21-19-29-17-15-28(16-18-29)14-13-27-11-9-26(4-2)10-12-27/h15-18,20,22-27H,3-14H2,1-2H3. The summed E-state index contributed by atoms with van der Waals surface area (Å²) in [5.41, 5.74) is 4.09. The highest BCUT2D eigenvalue weighted by Crippen LogP contribution is 2.33. The molecule has 0 unspecified atom stereocenters. The zero-order chi connectivity index (χ0) is 24.5. The predicted molar refractivity (Wildman–Crippen MR) is 148 cm³/mol. The molecule has 0 spiro atoms. The highest BCUT2D eigenvalue weighted by atomic mass is 19.1. The van der Waals surface area contributed by atoms with Crippen LogP contribution in [0.1, 0.15) is 100 Å². The number of benzene rings is 3. The van der Waals surface area contributed by atoms with Crippen molar-refractivity contribution in [3.63, 3.8) is 0 Å². The largest absolute Gasteiger partial charge is 0.205 e. The Morgan fingerprint density at radius 2 is 1.49 bits per heavy atom. The third-order valence-electron chi connectivity index (χ3n) is 8.02. The first kappa shape index (κ1) is 25.5. The first-order valence-corrected chi connectivity index (χ1v) is 14.0. The fraction of sp³-hybridized carbons (Fsp3) is 0.471. The molecule has 0 saturated heterocycles. The van der Waals surface area contributed by atoms with Crippen LogP contribution < -0.4 is 0 Å². The van der Waals surface area contributed by atoms with E-state index >= 15 is 4.39 Å². The Hall–Kier alpha value is -2.59. The van der Waals surface area contributed by atoms with Gasteiger partial charge in [-0.1, -0.05) is 113 Å². The minimum atomic E-state index is -0.207. The topological polar surface area (TPSA) is 0 Å². The molecule has 1 aliphatic carbocycles. The average molecular weight is 469 g/mol. The molecule has 1 aliphatic rings. The summed E-state index contributed by atoms with van der Waals surface area (Å²) in [6.07, 6.45) is 15.5.